The Bertz CT molecular complexity index is 1140. The summed E-state index contributed by atoms with van der Waals surface area (Å²) in [5.41, 5.74) is 0.583. The Hall–Kier alpha value is -2.74. The van der Waals surface area contributed by atoms with Crippen LogP contribution in [0, 0.1) is 23.6 Å². The van der Waals surface area contributed by atoms with Crippen molar-refractivity contribution in [3.8, 4) is 0 Å². The van der Waals surface area contributed by atoms with Crippen molar-refractivity contribution in [3.63, 3.8) is 0 Å². The van der Waals surface area contributed by atoms with Crippen molar-refractivity contribution < 1.29 is 28.3 Å². The molecule has 9 heteroatoms. The second kappa shape index (κ2) is 10.9. The molecule has 2 N–H and O–H groups in total. The highest BCUT2D eigenvalue weighted by Gasteiger charge is 2.35. The Kier molecular flexibility index (Phi) is 7.89. The van der Waals surface area contributed by atoms with Crippen LogP contribution < -0.4 is 5.32 Å². The molecule has 0 bridgehead atoms. The van der Waals surface area contributed by atoms with Crippen LogP contribution in [0.15, 0.2) is 18.2 Å². The Morgan fingerprint density at radius 1 is 1.20 bits per heavy atom. The summed E-state index contributed by atoms with van der Waals surface area (Å²) in [6.07, 6.45) is 5.60. The number of halogens is 2. The lowest BCUT2D eigenvalue weighted by atomic mass is 9.83. The molecule has 0 aliphatic heterocycles. The first-order valence-corrected chi connectivity index (χ1v) is 12.6. The number of carbonyl (C=O) groups excluding carboxylic acids is 4. The largest absolute Gasteiger partial charge is 0.467 e. The van der Waals surface area contributed by atoms with Gasteiger partial charge in [-0.05, 0) is 49.8 Å². The van der Waals surface area contributed by atoms with Crippen molar-refractivity contribution in [3.05, 3.63) is 34.7 Å². The molecule has 2 saturated carbocycles. The molecule has 188 valence electrons. The number of methoxy groups -OCH3 is 1. The number of fused-ring (bicyclic) bond motifs is 1. The maximum atomic E-state index is 13.8. The molecule has 1 amide bonds. The molecule has 1 aromatic heterocycles. The smallest absolute Gasteiger partial charge is 0.328 e. The highest BCUT2D eigenvalue weighted by Crippen LogP contribution is 2.37. The summed E-state index contributed by atoms with van der Waals surface area (Å²) in [5, 5.41) is 3.28. The van der Waals surface area contributed by atoms with E-state index in [1.54, 1.807) is 6.07 Å². The number of aromatic nitrogens is 1. The Morgan fingerprint density at radius 3 is 2.66 bits per heavy atom. The lowest BCUT2D eigenvalue weighted by Crippen LogP contribution is -2.46. The topological polar surface area (TPSA) is 105 Å². The van der Waals surface area contributed by atoms with Crippen LogP contribution in [0.3, 0.4) is 0 Å². The van der Waals surface area contributed by atoms with Crippen LogP contribution in [0.2, 0.25) is 5.02 Å². The van der Waals surface area contributed by atoms with Gasteiger partial charge in [0.25, 0.3) is 0 Å². The van der Waals surface area contributed by atoms with E-state index >= 15 is 0 Å². The minimum Gasteiger partial charge on any atom is -0.467 e. The molecule has 1 aromatic carbocycles. The normalized spacial score (nSPS) is 19.9. The van der Waals surface area contributed by atoms with E-state index in [2.05, 4.69) is 10.3 Å². The number of aromatic amines is 1. The molecule has 1 heterocycles. The molecule has 2 aliphatic carbocycles. The van der Waals surface area contributed by atoms with Crippen LogP contribution in [0.25, 0.3) is 10.9 Å². The number of ether oxygens (including phenoxy) is 1. The van der Waals surface area contributed by atoms with E-state index in [0.29, 0.717) is 36.1 Å². The van der Waals surface area contributed by atoms with Gasteiger partial charge < -0.3 is 15.0 Å². The molecule has 0 unspecified atom stereocenters. The van der Waals surface area contributed by atoms with Gasteiger partial charge in [0, 0.05) is 30.1 Å². The van der Waals surface area contributed by atoms with Crippen LogP contribution in [0.1, 0.15) is 68.3 Å². The number of carbonyl (C=O) groups is 4. The zero-order valence-electron chi connectivity index (χ0n) is 19.7. The van der Waals surface area contributed by atoms with E-state index in [9.17, 15) is 23.6 Å². The van der Waals surface area contributed by atoms with Crippen molar-refractivity contribution in [2.45, 2.75) is 63.8 Å². The number of amides is 1. The van der Waals surface area contributed by atoms with Crippen molar-refractivity contribution in [2.75, 3.05) is 7.11 Å². The van der Waals surface area contributed by atoms with Gasteiger partial charge in [-0.3, -0.25) is 14.4 Å². The summed E-state index contributed by atoms with van der Waals surface area (Å²) in [6.45, 7) is 0. The molecule has 2 aliphatic rings. The van der Waals surface area contributed by atoms with E-state index in [1.165, 1.54) is 19.2 Å². The number of benzene rings is 1. The summed E-state index contributed by atoms with van der Waals surface area (Å²) in [7, 11) is 1.25. The van der Waals surface area contributed by atoms with Crippen molar-refractivity contribution in [1.82, 2.24) is 10.3 Å². The number of Topliss-reactive ketones (excluding diaryl/α,β-unsaturated/α-hetero) is 2. The molecular weight excluding hydrogens is 475 g/mol. The van der Waals surface area contributed by atoms with Crippen LogP contribution in [0.5, 0.6) is 0 Å². The summed E-state index contributed by atoms with van der Waals surface area (Å²) < 4.78 is 18.7. The van der Waals surface area contributed by atoms with Gasteiger partial charge in [-0.2, -0.15) is 0 Å². The van der Waals surface area contributed by atoms with Gasteiger partial charge in [-0.25, -0.2) is 9.18 Å². The number of H-pyrrole nitrogens is 1. The van der Waals surface area contributed by atoms with Crippen LogP contribution in [0.4, 0.5) is 4.39 Å². The number of hydrogen-bond acceptors (Lipinski definition) is 5. The number of hydrogen-bond donors (Lipinski definition) is 2. The molecule has 0 radical (unpaired) electrons. The lowest BCUT2D eigenvalue weighted by molar-refractivity contribution is -0.146. The summed E-state index contributed by atoms with van der Waals surface area (Å²) in [5.74, 6) is -2.33. The third-order valence-corrected chi connectivity index (χ3v) is 7.48. The van der Waals surface area contributed by atoms with Gasteiger partial charge in [-0.1, -0.05) is 30.9 Å². The van der Waals surface area contributed by atoms with Gasteiger partial charge in [0.1, 0.15) is 22.7 Å². The highest BCUT2D eigenvalue weighted by molar-refractivity contribution is 6.35. The molecule has 3 atom stereocenters. The second-order valence-corrected chi connectivity index (χ2v) is 10.1. The van der Waals surface area contributed by atoms with E-state index in [-0.39, 0.29) is 41.0 Å². The molecular formula is C26H30ClFN2O5. The predicted molar refractivity (Wildman–Crippen MR) is 129 cm³/mol. The van der Waals surface area contributed by atoms with E-state index < -0.39 is 29.7 Å². The highest BCUT2D eigenvalue weighted by atomic mass is 35.5. The van der Waals surface area contributed by atoms with Crippen molar-refractivity contribution in [2.24, 2.45) is 17.8 Å². The van der Waals surface area contributed by atoms with Gasteiger partial charge in [0.15, 0.2) is 5.78 Å². The third-order valence-electron chi connectivity index (χ3n) is 7.11. The standard InChI is InChI=1S/C26H30ClFN2O5/c1-35-26(34)20(11-15-4-2-3-5-21(15)31)30-25(33)17(10-14-6-7-14)13-22(32)19-12-16-8-9-18(28)23(27)24(16)29-19/h8-9,12,14-15,17,20,29H,2-7,10-11,13H2,1H3,(H,30,33)/t15-,17+,20-/m0/s1. The molecule has 2 fully saturated rings. The SMILES string of the molecule is COC(=O)[C@H](C[C@@H]1CCCCC1=O)NC(=O)[C@@H](CC(=O)c1cc2ccc(F)c(Cl)c2[nH]1)CC1CC1. The molecule has 4 rings (SSSR count). The number of ketones is 2. The number of esters is 1. The Balaban J connectivity index is 1.48. The maximum Gasteiger partial charge on any atom is 0.328 e. The number of nitrogens with one attached hydrogen (secondary N) is 2. The molecule has 2 aromatic rings. The second-order valence-electron chi connectivity index (χ2n) is 9.74. The van der Waals surface area contributed by atoms with Crippen molar-refractivity contribution >= 4 is 45.9 Å². The summed E-state index contributed by atoms with van der Waals surface area (Å²) in [4.78, 5) is 53.9. The quantitative estimate of drug-likeness (QED) is 0.358. The van der Waals surface area contributed by atoms with E-state index in [0.717, 1.165) is 25.7 Å². The maximum absolute atomic E-state index is 13.8. The monoisotopic (exact) mass is 504 g/mol. The number of rotatable bonds is 10. The molecule has 0 spiro atoms. The minimum absolute atomic E-state index is 0.0640. The zero-order chi connectivity index (χ0) is 25.1. The van der Waals surface area contributed by atoms with Gasteiger partial charge in [0.2, 0.25) is 5.91 Å². The fourth-order valence-corrected chi connectivity index (χ4v) is 5.12. The third kappa shape index (κ3) is 6.10. The molecule has 0 saturated heterocycles. The molecule has 35 heavy (non-hydrogen) atoms. The van der Waals surface area contributed by atoms with E-state index in [4.69, 9.17) is 16.3 Å². The first kappa shape index (κ1) is 25.4. The average molecular weight is 505 g/mol. The Morgan fingerprint density at radius 2 is 1.97 bits per heavy atom. The summed E-state index contributed by atoms with van der Waals surface area (Å²) in [6, 6.07) is 3.43. The fourth-order valence-electron chi connectivity index (χ4n) is 4.90. The van der Waals surface area contributed by atoms with E-state index in [1.807, 2.05) is 0 Å². The summed E-state index contributed by atoms with van der Waals surface area (Å²) >= 11 is 6.02. The van der Waals surface area contributed by atoms with Crippen molar-refractivity contribution in [1.29, 1.82) is 0 Å². The predicted octanol–water partition coefficient (Wildman–Crippen LogP) is 4.76. The van der Waals surface area contributed by atoms with Gasteiger partial charge in [-0.15, -0.1) is 0 Å². The average Bonchev–Trinajstić information content (AvgIpc) is 3.55. The van der Waals surface area contributed by atoms with Gasteiger partial charge in [0.05, 0.1) is 18.3 Å². The Labute approximate surface area is 208 Å². The zero-order valence-corrected chi connectivity index (χ0v) is 20.5. The lowest BCUT2D eigenvalue weighted by Gasteiger charge is -2.26. The fraction of sp³-hybridized carbons (Fsp3) is 0.538. The van der Waals surface area contributed by atoms with Crippen LogP contribution >= 0.6 is 11.6 Å². The van der Waals surface area contributed by atoms with Crippen LogP contribution in [-0.4, -0.2) is 41.6 Å². The minimum atomic E-state index is -0.939. The van der Waals surface area contributed by atoms with Crippen LogP contribution in [-0.2, 0) is 19.1 Å². The first-order chi connectivity index (χ1) is 16.8. The first-order valence-electron chi connectivity index (χ1n) is 12.2. The molecule has 7 nitrogen and oxygen atoms in total. The van der Waals surface area contributed by atoms with Gasteiger partial charge >= 0.3 is 5.97 Å².